The summed E-state index contributed by atoms with van der Waals surface area (Å²) in [5, 5.41) is 19.5. The molecule has 0 aromatic carbocycles. The topological polar surface area (TPSA) is 110 Å². The molecule has 0 saturated carbocycles. The molecule has 2 N–H and O–H groups in total. The van der Waals surface area contributed by atoms with Crippen LogP contribution in [0.25, 0.3) is 0 Å². The van der Waals surface area contributed by atoms with Gasteiger partial charge in [0.05, 0.1) is 24.7 Å². The number of Topliss-reactive ketones (excluding diaryl/α,β-unsaturated/α-hetero) is 1. The van der Waals surface area contributed by atoms with Gasteiger partial charge < -0.3 is 19.7 Å². The van der Waals surface area contributed by atoms with Gasteiger partial charge in [0.2, 0.25) is 0 Å². The van der Waals surface area contributed by atoms with E-state index in [1.54, 1.807) is 13.8 Å². The fourth-order valence-electron chi connectivity index (χ4n) is 2.10. The van der Waals surface area contributed by atoms with Crippen molar-refractivity contribution in [1.82, 2.24) is 0 Å². The molecule has 7 heteroatoms. The Kier molecular flexibility index (Phi) is 7.91. The molecule has 0 aromatic heterocycles. The van der Waals surface area contributed by atoms with Crippen LogP contribution in [0.5, 0.6) is 0 Å². The van der Waals surface area contributed by atoms with E-state index in [9.17, 15) is 24.6 Å². The van der Waals surface area contributed by atoms with E-state index < -0.39 is 48.6 Å². The van der Waals surface area contributed by atoms with Crippen molar-refractivity contribution >= 4 is 17.7 Å². The number of esters is 2. The Bertz CT molecular complexity index is 457. The predicted octanol–water partition coefficient (Wildman–Crippen LogP) is 0.661. The van der Waals surface area contributed by atoms with E-state index in [-0.39, 0.29) is 12.8 Å². The van der Waals surface area contributed by atoms with E-state index in [1.807, 2.05) is 0 Å². The van der Waals surface area contributed by atoms with Gasteiger partial charge in [-0.1, -0.05) is 0 Å². The molecule has 0 spiro atoms. The molecule has 7 nitrogen and oxygen atoms in total. The Balaban J connectivity index is 2.74. The van der Waals surface area contributed by atoms with E-state index in [4.69, 9.17) is 9.47 Å². The Morgan fingerprint density at radius 2 is 1.65 bits per heavy atom. The van der Waals surface area contributed by atoms with Crippen LogP contribution in [0.1, 0.15) is 46.0 Å². The highest BCUT2D eigenvalue weighted by atomic mass is 16.5. The highest BCUT2D eigenvalue weighted by Gasteiger charge is 2.22. The molecule has 130 valence electrons. The third-order valence-electron chi connectivity index (χ3n) is 3.50. The first kappa shape index (κ1) is 19.3. The first-order valence-corrected chi connectivity index (χ1v) is 7.75. The number of carbonyl (C=O) groups is 3. The van der Waals surface area contributed by atoms with Crippen molar-refractivity contribution in [3.05, 3.63) is 12.2 Å². The Morgan fingerprint density at radius 3 is 2.35 bits per heavy atom. The molecule has 4 atom stereocenters. The minimum atomic E-state index is -1.42. The number of rotatable bonds is 0. The van der Waals surface area contributed by atoms with Crippen molar-refractivity contribution in [3.8, 4) is 0 Å². The molecule has 0 saturated heterocycles. The maximum Gasteiger partial charge on any atom is 0.330 e. The smallest absolute Gasteiger partial charge is 0.330 e. The number of aliphatic hydroxyl groups excluding tert-OH is 2. The van der Waals surface area contributed by atoms with Crippen molar-refractivity contribution < 1.29 is 34.1 Å². The van der Waals surface area contributed by atoms with Crippen LogP contribution in [0.15, 0.2) is 12.2 Å². The predicted molar refractivity (Wildman–Crippen MR) is 80.4 cm³/mol. The molecule has 23 heavy (non-hydrogen) atoms. The van der Waals surface area contributed by atoms with Crippen molar-refractivity contribution in [2.24, 2.45) is 0 Å². The molecular formula is C16H24O7. The molecule has 0 unspecified atom stereocenters. The monoisotopic (exact) mass is 328 g/mol. The van der Waals surface area contributed by atoms with Gasteiger partial charge in [0.1, 0.15) is 6.10 Å². The standard InChI is InChI=1S/C16H24O7/c1-10-3-5-12(17)6-8-15(20)22-11(2)4-7-13(18)14(19)9-16(21)23-10/h6,8,10-12,14,17,19H,3-5,7,9H2,1-2H3/b8-6-/t10-,11-,12-,14-/m1/s1. The summed E-state index contributed by atoms with van der Waals surface area (Å²) >= 11 is 0. The third kappa shape index (κ3) is 7.90. The maximum atomic E-state index is 11.8. The Morgan fingerprint density at radius 1 is 1.00 bits per heavy atom. The molecule has 0 fully saturated rings. The summed E-state index contributed by atoms with van der Waals surface area (Å²) in [5.41, 5.74) is 0. The van der Waals surface area contributed by atoms with Crippen LogP contribution in [0.2, 0.25) is 0 Å². The Hall–Kier alpha value is -1.73. The summed E-state index contributed by atoms with van der Waals surface area (Å²) in [6, 6.07) is 0. The van der Waals surface area contributed by atoms with E-state index in [2.05, 4.69) is 0 Å². The second-order valence-corrected chi connectivity index (χ2v) is 5.78. The highest BCUT2D eigenvalue weighted by Crippen LogP contribution is 2.11. The molecule has 1 rings (SSSR count). The molecule has 1 aliphatic heterocycles. The quantitative estimate of drug-likeness (QED) is 0.629. The van der Waals surface area contributed by atoms with Crippen LogP contribution >= 0.6 is 0 Å². The number of hydrogen-bond acceptors (Lipinski definition) is 7. The molecule has 0 aliphatic carbocycles. The minimum Gasteiger partial charge on any atom is -0.463 e. The number of ketones is 1. The zero-order valence-corrected chi connectivity index (χ0v) is 13.4. The molecule has 0 radical (unpaired) electrons. The summed E-state index contributed by atoms with van der Waals surface area (Å²) in [5.74, 6) is -1.75. The third-order valence-corrected chi connectivity index (χ3v) is 3.50. The number of ether oxygens (including phenoxy) is 2. The lowest BCUT2D eigenvalue weighted by atomic mass is 10.1. The zero-order valence-electron chi connectivity index (χ0n) is 13.4. The first-order valence-electron chi connectivity index (χ1n) is 7.75. The van der Waals surface area contributed by atoms with Crippen LogP contribution in [-0.4, -0.2) is 52.4 Å². The van der Waals surface area contributed by atoms with Crippen LogP contribution in [0.4, 0.5) is 0 Å². The van der Waals surface area contributed by atoms with Gasteiger partial charge in [-0.15, -0.1) is 0 Å². The lowest BCUT2D eigenvalue weighted by Crippen LogP contribution is -2.28. The van der Waals surface area contributed by atoms with Crippen LogP contribution in [0, 0.1) is 0 Å². The number of hydrogen-bond donors (Lipinski definition) is 2. The van der Waals surface area contributed by atoms with Crippen LogP contribution in [0.3, 0.4) is 0 Å². The first-order chi connectivity index (χ1) is 10.8. The van der Waals surface area contributed by atoms with Crippen LogP contribution < -0.4 is 0 Å². The zero-order chi connectivity index (χ0) is 17.4. The summed E-state index contributed by atoms with van der Waals surface area (Å²) in [4.78, 5) is 35.0. The lowest BCUT2D eigenvalue weighted by Gasteiger charge is -2.17. The van der Waals surface area contributed by atoms with Crippen molar-refractivity contribution in [3.63, 3.8) is 0 Å². The molecule has 0 amide bonds. The van der Waals surface area contributed by atoms with Gasteiger partial charge in [-0.25, -0.2) is 4.79 Å². The van der Waals surface area contributed by atoms with Crippen molar-refractivity contribution in [2.75, 3.05) is 0 Å². The number of carbonyl (C=O) groups excluding carboxylic acids is 3. The van der Waals surface area contributed by atoms with Gasteiger partial charge in [-0.05, 0) is 39.2 Å². The van der Waals surface area contributed by atoms with Crippen molar-refractivity contribution in [2.45, 2.75) is 70.4 Å². The van der Waals surface area contributed by atoms with Crippen LogP contribution in [-0.2, 0) is 23.9 Å². The average molecular weight is 328 g/mol. The largest absolute Gasteiger partial charge is 0.463 e. The highest BCUT2D eigenvalue weighted by molar-refractivity contribution is 5.87. The molecule has 0 bridgehead atoms. The molecule has 1 aliphatic rings. The second kappa shape index (κ2) is 9.42. The van der Waals surface area contributed by atoms with Gasteiger partial charge in [-0.2, -0.15) is 0 Å². The van der Waals surface area contributed by atoms with Gasteiger partial charge in [-0.3, -0.25) is 9.59 Å². The summed E-state index contributed by atoms with van der Waals surface area (Å²) in [7, 11) is 0. The van der Waals surface area contributed by atoms with Gasteiger partial charge in [0, 0.05) is 12.5 Å². The van der Waals surface area contributed by atoms with Crippen molar-refractivity contribution in [1.29, 1.82) is 0 Å². The SMILES string of the molecule is C[C@@H]1CCC(=O)[C@H](O)CC(=O)O[C@H](C)CC[C@@H](O)/C=C\C(=O)O1. The lowest BCUT2D eigenvalue weighted by molar-refractivity contribution is -0.153. The van der Waals surface area contributed by atoms with E-state index in [1.165, 1.54) is 6.08 Å². The summed E-state index contributed by atoms with van der Waals surface area (Å²) in [6.07, 6.45) is -0.274. The summed E-state index contributed by atoms with van der Waals surface area (Å²) in [6.45, 7) is 3.28. The fraction of sp³-hybridized carbons (Fsp3) is 0.688. The molecular weight excluding hydrogens is 304 g/mol. The normalized spacial score (nSPS) is 33.7. The van der Waals surface area contributed by atoms with Gasteiger partial charge >= 0.3 is 11.9 Å². The minimum absolute atomic E-state index is 0.00914. The van der Waals surface area contributed by atoms with E-state index >= 15 is 0 Å². The summed E-state index contributed by atoms with van der Waals surface area (Å²) < 4.78 is 10.1. The average Bonchev–Trinajstić information content (AvgIpc) is 2.47. The van der Waals surface area contributed by atoms with E-state index in [0.717, 1.165) is 6.08 Å². The molecule has 1 heterocycles. The Labute approximate surface area is 135 Å². The van der Waals surface area contributed by atoms with Gasteiger partial charge in [0.15, 0.2) is 5.78 Å². The fourth-order valence-corrected chi connectivity index (χ4v) is 2.10. The second-order valence-electron chi connectivity index (χ2n) is 5.78. The van der Waals surface area contributed by atoms with E-state index in [0.29, 0.717) is 12.8 Å². The van der Waals surface area contributed by atoms with Gasteiger partial charge in [0.25, 0.3) is 0 Å². The number of aliphatic hydroxyl groups is 2. The number of cyclic esters (lactones) is 2. The maximum absolute atomic E-state index is 11.8. The molecule has 0 aromatic rings.